The van der Waals surface area contributed by atoms with E-state index >= 15 is 0 Å². The normalized spacial score (nSPS) is 12.3. The van der Waals surface area contributed by atoms with Crippen molar-refractivity contribution < 1.29 is 22.4 Å². The van der Waals surface area contributed by atoms with Crippen LogP contribution in [0.2, 0.25) is 0 Å². The molecule has 8 nitrogen and oxygen atoms in total. The number of nitrogens with zero attached hydrogens (tertiary/aromatic N) is 3. The highest BCUT2D eigenvalue weighted by Gasteiger charge is 2.32. The third-order valence-electron chi connectivity index (χ3n) is 4.74. The summed E-state index contributed by atoms with van der Waals surface area (Å²) < 4.78 is 41.1. The number of benzene rings is 2. The van der Waals surface area contributed by atoms with Crippen molar-refractivity contribution in [2.45, 2.75) is 19.5 Å². The molecule has 168 valence electrons. The van der Waals surface area contributed by atoms with Gasteiger partial charge in [0.25, 0.3) is 0 Å². The van der Waals surface area contributed by atoms with Crippen LogP contribution in [-0.2, 0) is 26.3 Å². The second-order valence-corrected chi connectivity index (χ2v) is 9.14. The maximum absolute atomic E-state index is 13.3. The first-order chi connectivity index (χ1) is 14.6. The van der Waals surface area contributed by atoms with Gasteiger partial charge in [0.2, 0.25) is 11.8 Å². The average Bonchev–Trinajstić information content (AvgIpc) is 2.76. The highest BCUT2D eigenvalue weighted by atomic mass is 32.2. The number of carbonyl (C=O) groups is 2. The van der Waals surface area contributed by atoms with Crippen molar-refractivity contribution in [1.29, 1.82) is 0 Å². The van der Waals surface area contributed by atoms with Crippen molar-refractivity contribution in [2.75, 3.05) is 32.0 Å². The van der Waals surface area contributed by atoms with Crippen LogP contribution in [0.4, 0.5) is 10.1 Å². The molecule has 0 bridgehead atoms. The molecule has 1 atom stereocenters. The summed E-state index contributed by atoms with van der Waals surface area (Å²) in [7, 11) is 0.217. The average molecular weight is 451 g/mol. The van der Waals surface area contributed by atoms with E-state index in [4.69, 9.17) is 0 Å². The minimum absolute atomic E-state index is 0.0122. The van der Waals surface area contributed by atoms with Crippen molar-refractivity contribution in [2.24, 2.45) is 0 Å². The maximum Gasteiger partial charge on any atom is 0.304 e. The van der Waals surface area contributed by atoms with E-state index in [0.717, 1.165) is 8.61 Å². The van der Waals surface area contributed by atoms with Crippen molar-refractivity contribution in [3.05, 3.63) is 66.0 Å². The summed E-state index contributed by atoms with van der Waals surface area (Å²) in [6.07, 6.45) is 0. The van der Waals surface area contributed by atoms with Crippen LogP contribution >= 0.6 is 0 Å². The van der Waals surface area contributed by atoms with E-state index in [0.29, 0.717) is 11.3 Å². The van der Waals surface area contributed by atoms with Gasteiger partial charge in [0.1, 0.15) is 18.4 Å². The predicted octanol–water partition coefficient (Wildman–Crippen LogP) is 1.60. The Morgan fingerprint density at radius 3 is 2.13 bits per heavy atom. The van der Waals surface area contributed by atoms with E-state index < -0.39 is 40.4 Å². The van der Waals surface area contributed by atoms with Gasteiger partial charge in [-0.1, -0.05) is 30.3 Å². The Bertz CT molecular complexity index is 998. The Balaban J connectivity index is 2.40. The molecule has 2 amide bonds. The topological polar surface area (TPSA) is 90.0 Å². The van der Waals surface area contributed by atoms with E-state index in [1.165, 1.54) is 50.3 Å². The Labute approximate surface area is 182 Å². The number of carbonyl (C=O) groups excluding carboxylic acids is 2. The molecule has 0 aromatic heterocycles. The number of hydrogen-bond acceptors (Lipinski definition) is 4. The summed E-state index contributed by atoms with van der Waals surface area (Å²) in [4.78, 5) is 26.8. The summed E-state index contributed by atoms with van der Waals surface area (Å²) in [6.45, 7) is 1.05. The van der Waals surface area contributed by atoms with Gasteiger partial charge in [0, 0.05) is 27.7 Å². The summed E-state index contributed by atoms with van der Waals surface area (Å²) in [5.74, 6) is -1.40. The van der Waals surface area contributed by atoms with Crippen LogP contribution in [0.15, 0.2) is 54.6 Å². The van der Waals surface area contributed by atoms with Gasteiger partial charge < -0.3 is 10.2 Å². The number of hydrogen-bond donors (Lipinski definition) is 1. The van der Waals surface area contributed by atoms with E-state index in [1.54, 1.807) is 37.3 Å². The minimum atomic E-state index is -3.98. The third kappa shape index (κ3) is 6.02. The molecule has 0 unspecified atom stereocenters. The summed E-state index contributed by atoms with van der Waals surface area (Å²) in [5, 5.41) is 2.50. The monoisotopic (exact) mass is 450 g/mol. The number of amides is 2. The molecule has 0 fully saturated rings. The number of nitrogens with one attached hydrogen (secondary N) is 1. The van der Waals surface area contributed by atoms with Crippen LogP contribution in [0.5, 0.6) is 0 Å². The molecular weight excluding hydrogens is 423 g/mol. The van der Waals surface area contributed by atoms with Gasteiger partial charge in [0.15, 0.2) is 0 Å². The number of anilines is 1. The zero-order chi connectivity index (χ0) is 23.2. The fourth-order valence-corrected chi connectivity index (χ4v) is 3.95. The Hall–Kier alpha value is -2.98. The highest BCUT2D eigenvalue weighted by molar-refractivity contribution is 7.90. The van der Waals surface area contributed by atoms with Crippen LogP contribution in [0.3, 0.4) is 0 Å². The lowest BCUT2D eigenvalue weighted by molar-refractivity contribution is -0.139. The van der Waals surface area contributed by atoms with Crippen LogP contribution in [0.25, 0.3) is 0 Å². The first-order valence-corrected chi connectivity index (χ1v) is 11.0. The van der Waals surface area contributed by atoms with Crippen molar-refractivity contribution in [3.63, 3.8) is 0 Å². The quantitative estimate of drug-likeness (QED) is 0.629. The summed E-state index contributed by atoms with van der Waals surface area (Å²) in [5.41, 5.74) is 0.922. The SMILES string of the molecule is CNC(=O)[C@H](C)N(Cc1ccc(F)cc1)C(=O)CN(c1ccccc1)S(=O)(=O)N(C)C. The zero-order valence-corrected chi connectivity index (χ0v) is 18.8. The fraction of sp³-hybridized carbons (Fsp3) is 0.333. The molecule has 0 aliphatic rings. The highest BCUT2D eigenvalue weighted by Crippen LogP contribution is 2.20. The van der Waals surface area contributed by atoms with Gasteiger partial charge in [-0.05, 0) is 36.8 Å². The molecule has 0 radical (unpaired) electrons. The number of rotatable bonds is 9. The molecule has 2 aromatic carbocycles. The molecular formula is C21H27FN4O4S. The second-order valence-electron chi connectivity index (χ2n) is 7.07. The summed E-state index contributed by atoms with van der Waals surface area (Å²) >= 11 is 0. The van der Waals surface area contributed by atoms with E-state index in [-0.39, 0.29) is 6.54 Å². The predicted molar refractivity (Wildman–Crippen MR) is 117 cm³/mol. The van der Waals surface area contributed by atoms with Crippen LogP contribution in [0.1, 0.15) is 12.5 Å². The van der Waals surface area contributed by atoms with Crippen LogP contribution in [-0.4, -0.2) is 63.2 Å². The van der Waals surface area contributed by atoms with Gasteiger partial charge in [-0.25, -0.2) is 8.70 Å². The van der Waals surface area contributed by atoms with Gasteiger partial charge in [0.05, 0.1) is 5.69 Å². The molecule has 0 saturated heterocycles. The standard InChI is InChI=1S/C21H27FN4O4S/c1-16(21(28)23-2)25(14-17-10-12-18(22)13-11-17)20(27)15-26(31(29,30)24(3)4)19-8-6-5-7-9-19/h5-13,16H,14-15H2,1-4H3,(H,23,28)/t16-/m0/s1. The minimum Gasteiger partial charge on any atom is -0.357 e. The Morgan fingerprint density at radius 2 is 1.61 bits per heavy atom. The van der Waals surface area contributed by atoms with E-state index in [9.17, 15) is 22.4 Å². The first-order valence-electron chi connectivity index (χ1n) is 9.58. The number of halogens is 1. The van der Waals surface area contributed by atoms with Crippen molar-refractivity contribution in [1.82, 2.24) is 14.5 Å². The van der Waals surface area contributed by atoms with Crippen LogP contribution in [0, 0.1) is 5.82 Å². The van der Waals surface area contributed by atoms with Crippen molar-refractivity contribution >= 4 is 27.7 Å². The lowest BCUT2D eigenvalue weighted by atomic mass is 10.1. The molecule has 10 heteroatoms. The van der Waals surface area contributed by atoms with Gasteiger partial charge in [-0.2, -0.15) is 12.7 Å². The third-order valence-corrected chi connectivity index (χ3v) is 6.56. The number of likely N-dealkylation sites (N-methyl/N-ethyl adjacent to an activating group) is 1. The maximum atomic E-state index is 13.3. The van der Waals surface area contributed by atoms with E-state index in [2.05, 4.69) is 5.32 Å². The number of para-hydroxylation sites is 1. The smallest absolute Gasteiger partial charge is 0.304 e. The fourth-order valence-electron chi connectivity index (χ4n) is 2.89. The van der Waals surface area contributed by atoms with Crippen LogP contribution < -0.4 is 9.62 Å². The second kappa shape index (κ2) is 10.4. The molecule has 0 aliphatic carbocycles. The largest absolute Gasteiger partial charge is 0.357 e. The molecule has 1 N–H and O–H groups in total. The molecule has 0 heterocycles. The molecule has 2 aromatic rings. The molecule has 0 spiro atoms. The lowest BCUT2D eigenvalue weighted by Gasteiger charge is -2.32. The zero-order valence-electron chi connectivity index (χ0n) is 17.9. The first kappa shape index (κ1) is 24.3. The molecule has 0 aliphatic heterocycles. The Morgan fingerprint density at radius 1 is 1.03 bits per heavy atom. The van der Waals surface area contributed by atoms with E-state index in [1.807, 2.05) is 0 Å². The molecule has 31 heavy (non-hydrogen) atoms. The van der Waals surface area contributed by atoms with Gasteiger partial charge in [-0.15, -0.1) is 0 Å². The Kier molecular flexibility index (Phi) is 8.12. The van der Waals surface area contributed by atoms with Gasteiger partial charge >= 0.3 is 10.2 Å². The molecule has 0 saturated carbocycles. The van der Waals surface area contributed by atoms with Crippen molar-refractivity contribution in [3.8, 4) is 0 Å². The van der Waals surface area contributed by atoms with Gasteiger partial charge in [-0.3, -0.25) is 9.59 Å². The molecule has 2 rings (SSSR count). The lowest BCUT2D eigenvalue weighted by Crippen LogP contribution is -2.52. The summed E-state index contributed by atoms with van der Waals surface area (Å²) in [6, 6.07) is 12.9.